The average molecular weight is 468 g/mol. The van der Waals surface area contributed by atoms with Crippen LogP contribution in [0.3, 0.4) is 0 Å². The quantitative estimate of drug-likeness (QED) is 0.497. The first-order chi connectivity index (χ1) is 16.8. The molecule has 180 valence electrons. The first-order valence-electron chi connectivity index (χ1n) is 12.1. The summed E-state index contributed by atoms with van der Waals surface area (Å²) in [4.78, 5) is 29.4. The van der Waals surface area contributed by atoms with Crippen molar-refractivity contribution in [2.45, 2.75) is 26.2 Å². The predicted octanol–water partition coefficient (Wildman–Crippen LogP) is 5.60. The van der Waals surface area contributed by atoms with Crippen molar-refractivity contribution in [2.75, 3.05) is 36.4 Å². The topological polar surface area (TPSA) is 52.7 Å². The third-order valence-corrected chi connectivity index (χ3v) is 6.29. The van der Waals surface area contributed by atoms with E-state index < -0.39 is 0 Å². The summed E-state index contributed by atoms with van der Waals surface area (Å²) in [7, 11) is 0. The highest BCUT2D eigenvalue weighted by molar-refractivity contribution is 6.02. The van der Waals surface area contributed by atoms with E-state index in [-0.39, 0.29) is 17.2 Å². The summed E-state index contributed by atoms with van der Waals surface area (Å²) >= 11 is 0. The largest absolute Gasteiger partial charge is 0.368 e. The average Bonchev–Trinajstić information content (AvgIpc) is 2.88. The van der Waals surface area contributed by atoms with E-state index in [2.05, 4.69) is 43.1 Å². The molecule has 1 heterocycles. The Labute approximate surface area is 208 Å². The Balaban J connectivity index is 1.29. The molecule has 1 aliphatic heterocycles. The van der Waals surface area contributed by atoms with Gasteiger partial charge in [-0.15, -0.1) is 0 Å². The molecule has 0 aliphatic carbocycles. The monoisotopic (exact) mass is 467 g/mol. The van der Waals surface area contributed by atoms with Gasteiger partial charge in [0.1, 0.15) is 0 Å². The first-order valence-corrected chi connectivity index (χ1v) is 12.1. The maximum atomic E-state index is 13.0. The summed E-state index contributed by atoms with van der Waals surface area (Å²) in [5.41, 5.74) is 4.87. The van der Waals surface area contributed by atoms with Crippen LogP contribution in [0, 0.1) is 0 Å². The molecule has 0 unspecified atom stereocenters. The van der Waals surface area contributed by atoms with Crippen LogP contribution in [-0.2, 0) is 10.2 Å². The van der Waals surface area contributed by atoms with Crippen LogP contribution in [0.15, 0.2) is 84.9 Å². The molecule has 0 aromatic heterocycles. The van der Waals surface area contributed by atoms with Crippen LogP contribution in [0.2, 0.25) is 0 Å². The van der Waals surface area contributed by atoms with Gasteiger partial charge in [-0.05, 0) is 59.0 Å². The highest BCUT2D eigenvalue weighted by atomic mass is 16.2. The van der Waals surface area contributed by atoms with Crippen molar-refractivity contribution in [2.24, 2.45) is 0 Å². The van der Waals surface area contributed by atoms with Crippen LogP contribution in [0.4, 0.5) is 11.4 Å². The van der Waals surface area contributed by atoms with E-state index in [4.69, 9.17) is 0 Å². The molecule has 0 bridgehead atoms. The van der Waals surface area contributed by atoms with Crippen molar-refractivity contribution in [3.8, 4) is 0 Å². The van der Waals surface area contributed by atoms with E-state index in [9.17, 15) is 9.59 Å². The van der Waals surface area contributed by atoms with Gasteiger partial charge in [-0.3, -0.25) is 9.59 Å². The van der Waals surface area contributed by atoms with Crippen molar-refractivity contribution in [3.63, 3.8) is 0 Å². The summed E-state index contributed by atoms with van der Waals surface area (Å²) < 4.78 is 0. The fourth-order valence-corrected chi connectivity index (χ4v) is 4.14. The van der Waals surface area contributed by atoms with Crippen LogP contribution in [-0.4, -0.2) is 42.9 Å². The normalized spacial score (nSPS) is 14.3. The van der Waals surface area contributed by atoms with Crippen molar-refractivity contribution in [1.29, 1.82) is 0 Å². The minimum absolute atomic E-state index is 0.0738. The maximum absolute atomic E-state index is 13.0. The number of anilines is 2. The number of rotatable bonds is 5. The summed E-state index contributed by atoms with van der Waals surface area (Å²) in [5.74, 6) is -0.0732. The van der Waals surface area contributed by atoms with Gasteiger partial charge >= 0.3 is 0 Å². The SMILES string of the molecule is CC(C)(C)c1ccc(C(=O)N2CCN(c3ccc(NC(=O)C=Cc4ccccc4)cc3)CC2)cc1. The van der Waals surface area contributed by atoms with Crippen LogP contribution < -0.4 is 10.2 Å². The molecule has 1 aliphatic rings. The van der Waals surface area contributed by atoms with E-state index in [1.807, 2.05) is 71.6 Å². The molecule has 5 heteroatoms. The molecule has 1 saturated heterocycles. The zero-order valence-electron chi connectivity index (χ0n) is 20.7. The predicted molar refractivity (Wildman–Crippen MR) is 144 cm³/mol. The van der Waals surface area contributed by atoms with Crippen molar-refractivity contribution in [1.82, 2.24) is 4.90 Å². The van der Waals surface area contributed by atoms with Crippen molar-refractivity contribution in [3.05, 3.63) is 102 Å². The molecule has 2 amide bonds. The van der Waals surface area contributed by atoms with E-state index in [1.165, 1.54) is 11.6 Å². The number of piperazine rings is 1. The van der Waals surface area contributed by atoms with E-state index >= 15 is 0 Å². The summed E-state index contributed by atoms with van der Waals surface area (Å²) in [6.45, 7) is 9.44. The number of amides is 2. The lowest BCUT2D eigenvalue weighted by atomic mass is 9.86. The van der Waals surface area contributed by atoms with Crippen molar-refractivity contribution < 1.29 is 9.59 Å². The number of nitrogens with one attached hydrogen (secondary N) is 1. The lowest BCUT2D eigenvalue weighted by molar-refractivity contribution is -0.111. The number of nitrogens with zero attached hydrogens (tertiary/aromatic N) is 2. The number of hydrogen-bond acceptors (Lipinski definition) is 3. The lowest BCUT2D eigenvalue weighted by Crippen LogP contribution is -2.48. The second-order valence-electron chi connectivity index (χ2n) is 9.89. The Morgan fingerprint density at radius 1 is 0.800 bits per heavy atom. The molecule has 0 saturated carbocycles. The van der Waals surface area contributed by atoms with Gasteiger partial charge in [0.25, 0.3) is 5.91 Å². The molecule has 35 heavy (non-hydrogen) atoms. The molecule has 0 spiro atoms. The molecule has 1 N–H and O–H groups in total. The molecular weight excluding hydrogens is 434 g/mol. The Bertz CT molecular complexity index is 1170. The molecular formula is C30H33N3O2. The Hall–Kier alpha value is -3.86. The van der Waals surface area contributed by atoms with E-state index in [0.29, 0.717) is 13.1 Å². The van der Waals surface area contributed by atoms with Crippen molar-refractivity contribution >= 4 is 29.3 Å². The van der Waals surface area contributed by atoms with Gasteiger partial charge in [-0.1, -0.05) is 63.2 Å². The number of carbonyl (C=O) groups excluding carboxylic acids is 2. The number of benzene rings is 3. The Morgan fingerprint density at radius 3 is 2.03 bits per heavy atom. The molecule has 0 atom stereocenters. The first kappa shape index (κ1) is 24.3. The zero-order valence-corrected chi connectivity index (χ0v) is 20.7. The standard InChI is InChI=1S/C30H33N3O2/c1-30(2,3)25-12-10-24(11-13-25)29(35)33-21-19-32(20-22-33)27-16-14-26(15-17-27)31-28(34)18-9-23-7-5-4-6-8-23/h4-18H,19-22H2,1-3H3,(H,31,34). The minimum atomic E-state index is -0.163. The van der Waals surface area contributed by atoms with Gasteiger partial charge in [0, 0.05) is 49.2 Å². The van der Waals surface area contributed by atoms with Gasteiger partial charge in [0.05, 0.1) is 0 Å². The van der Waals surface area contributed by atoms with Gasteiger partial charge in [-0.25, -0.2) is 0 Å². The number of carbonyl (C=O) groups is 2. The second-order valence-corrected chi connectivity index (χ2v) is 9.89. The van der Waals surface area contributed by atoms with Crippen LogP contribution in [0.5, 0.6) is 0 Å². The molecule has 3 aromatic carbocycles. The van der Waals surface area contributed by atoms with Gasteiger partial charge in [-0.2, -0.15) is 0 Å². The number of hydrogen-bond donors (Lipinski definition) is 1. The summed E-state index contributed by atoms with van der Waals surface area (Å²) in [6.07, 6.45) is 3.33. The Morgan fingerprint density at radius 2 is 1.43 bits per heavy atom. The molecule has 5 nitrogen and oxygen atoms in total. The highest BCUT2D eigenvalue weighted by Gasteiger charge is 2.23. The van der Waals surface area contributed by atoms with Crippen LogP contribution >= 0.6 is 0 Å². The summed E-state index contributed by atoms with van der Waals surface area (Å²) in [6, 6.07) is 25.6. The molecule has 1 fully saturated rings. The second kappa shape index (κ2) is 10.6. The van der Waals surface area contributed by atoms with Gasteiger partial charge in [0.15, 0.2) is 0 Å². The molecule has 3 aromatic rings. The zero-order chi connectivity index (χ0) is 24.8. The Kier molecular flexibility index (Phi) is 7.35. The maximum Gasteiger partial charge on any atom is 0.253 e. The fraction of sp³-hybridized carbons (Fsp3) is 0.267. The fourth-order valence-electron chi connectivity index (χ4n) is 4.14. The van der Waals surface area contributed by atoms with Gasteiger partial charge < -0.3 is 15.1 Å². The van der Waals surface area contributed by atoms with Crippen LogP contribution in [0.25, 0.3) is 6.08 Å². The van der Waals surface area contributed by atoms with E-state index in [0.717, 1.165) is 35.6 Å². The molecule has 4 rings (SSSR count). The van der Waals surface area contributed by atoms with Gasteiger partial charge in [0.2, 0.25) is 5.91 Å². The summed E-state index contributed by atoms with van der Waals surface area (Å²) in [5, 5.41) is 2.90. The lowest BCUT2D eigenvalue weighted by Gasteiger charge is -2.36. The third-order valence-electron chi connectivity index (χ3n) is 6.29. The third kappa shape index (κ3) is 6.38. The highest BCUT2D eigenvalue weighted by Crippen LogP contribution is 2.23. The minimum Gasteiger partial charge on any atom is -0.368 e. The van der Waals surface area contributed by atoms with E-state index in [1.54, 1.807) is 6.08 Å². The smallest absolute Gasteiger partial charge is 0.253 e. The molecule has 0 radical (unpaired) electrons. The van der Waals surface area contributed by atoms with Crippen LogP contribution in [0.1, 0.15) is 42.3 Å².